The first kappa shape index (κ1) is 19.4. The first-order valence-corrected chi connectivity index (χ1v) is 9.81. The van der Waals surface area contributed by atoms with Crippen LogP contribution in [0.5, 0.6) is 0 Å². The number of nitrogens with zero attached hydrogens (tertiary/aromatic N) is 1. The fourth-order valence-corrected chi connectivity index (χ4v) is 3.43. The monoisotopic (exact) mass is 398 g/mol. The molecule has 30 heavy (non-hydrogen) atoms. The molecule has 1 aromatic heterocycles. The number of H-pyrrole nitrogens is 1. The molecule has 0 aliphatic heterocycles. The first-order valence-electron chi connectivity index (χ1n) is 9.81. The van der Waals surface area contributed by atoms with Gasteiger partial charge >= 0.3 is 0 Å². The molecule has 0 fully saturated rings. The SMILES string of the molecule is O=C(NCCNC(=O)C(c1ccccc1)c1ccccc1)c1ccc2nc[nH]c2c1. The van der Waals surface area contributed by atoms with Gasteiger partial charge in [-0.05, 0) is 29.3 Å². The second kappa shape index (κ2) is 9.05. The minimum atomic E-state index is -0.397. The lowest BCUT2D eigenvalue weighted by Gasteiger charge is -2.18. The zero-order chi connectivity index (χ0) is 20.8. The van der Waals surface area contributed by atoms with E-state index in [2.05, 4.69) is 20.6 Å². The molecule has 6 heteroatoms. The normalized spacial score (nSPS) is 10.8. The van der Waals surface area contributed by atoms with Crippen LogP contribution in [0.1, 0.15) is 27.4 Å². The third-order valence-corrected chi connectivity index (χ3v) is 4.92. The topological polar surface area (TPSA) is 86.9 Å². The lowest BCUT2D eigenvalue weighted by molar-refractivity contribution is -0.121. The van der Waals surface area contributed by atoms with Gasteiger partial charge in [0.25, 0.3) is 5.91 Å². The van der Waals surface area contributed by atoms with Crippen LogP contribution >= 0.6 is 0 Å². The summed E-state index contributed by atoms with van der Waals surface area (Å²) in [6.45, 7) is 0.676. The van der Waals surface area contributed by atoms with Crippen molar-refractivity contribution in [2.75, 3.05) is 13.1 Å². The summed E-state index contributed by atoms with van der Waals surface area (Å²) in [6.07, 6.45) is 1.60. The van der Waals surface area contributed by atoms with Crippen molar-refractivity contribution in [1.82, 2.24) is 20.6 Å². The molecule has 0 atom stereocenters. The molecule has 0 spiro atoms. The molecule has 3 N–H and O–H groups in total. The molecule has 0 unspecified atom stereocenters. The standard InChI is InChI=1S/C24H22N4O2/c29-23(19-11-12-20-21(15-19)28-16-27-20)25-13-14-26-24(30)22(17-7-3-1-4-8-17)18-9-5-2-6-10-18/h1-12,15-16,22H,13-14H2,(H,25,29)(H,26,30)(H,27,28). The van der Waals surface area contributed by atoms with Crippen molar-refractivity contribution in [2.24, 2.45) is 0 Å². The molecule has 150 valence electrons. The Labute approximate surface area is 174 Å². The van der Waals surface area contributed by atoms with Crippen molar-refractivity contribution >= 4 is 22.8 Å². The summed E-state index contributed by atoms with van der Waals surface area (Å²) in [5, 5.41) is 5.78. The zero-order valence-corrected chi connectivity index (χ0v) is 16.3. The Morgan fingerprint density at radius 1 is 0.833 bits per heavy atom. The van der Waals surface area contributed by atoms with E-state index in [1.54, 1.807) is 24.5 Å². The summed E-state index contributed by atoms with van der Waals surface area (Å²) >= 11 is 0. The maximum absolute atomic E-state index is 12.9. The highest BCUT2D eigenvalue weighted by Gasteiger charge is 2.22. The van der Waals surface area contributed by atoms with E-state index in [1.165, 1.54) is 0 Å². The molecule has 0 aliphatic carbocycles. The van der Waals surface area contributed by atoms with Gasteiger partial charge in [0.2, 0.25) is 5.91 Å². The number of carbonyl (C=O) groups excluding carboxylic acids is 2. The molecule has 0 saturated carbocycles. The zero-order valence-electron chi connectivity index (χ0n) is 16.3. The molecule has 4 rings (SSSR count). The van der Waals surface area contributed by atoms with Crippen LogP contribution in [0.15, 0.2) is 85.2 Å². The van der Waals surface area contributed by atoms with Crippen LogP contribution in [0.2, 0.25) is 0 Å². The smallest absolute Gasteiger partial charge is 0.251 e. The minimum absolute atomic E-state index is 0.0967. The van der Waals surface area contributed by atoms with Crippen LogP contribution in [0.3, 0.4) is 0 Å². The van der Waals surface area contributed by atoms with Crippen molar-refractivity contribution < 1.29 is 9.59 Å². The molecule has 0 bridgehead atoms. The van der Waals surface area contributed by atoms with E-state index in [4.69, 9.17) is 0 Å². The summed E-state index contributed by atoms with van der Waals surface area (Å²) in [7, 11) is 0. The van der Waals surface area contributed by atoms with Crippen LogP contribution in [0.4, 0.5) is 0 Å². The van der Waals surface area contributed by atoms with E-state index < -0.39 is 5.92 Å². The minimum Gasteiger partial charge on any atom is -0.354 e. The van der Waals surface area contributed by atoms with Crippen molar-refractivity contribution in [2.45, 2.75) is 5.92 Å². The summed E-state index contributed by atoms with van der Waals surface area (Å²) in [4.78, 5) is 32.5. The van der Waals surface area contributed by atoms with E-state index >= 15 is 0 Å². The summed E-state index contributed by atoms with van der Waals surface area (Å²) in [6, 6.07) is 24.7. The van der Waals surface area contributed by atoms with E-state index in [9.17, 15) is 9.59 Å². The molecular weight excluding hydrogens is 376 g/mol. The molecule has 6 nitrogen and oxygen atoms in total. The average molecular weight is 398 g/mol. The van der Waals surface area contributed by atoms with Gasteiger partial charge in [-0.1, -0.05) is 60.7 Å². The summed E-state index contributed by atoms with van der Waals surface area (Å²) < 4.78 is 0. The van der Waals surface area contributed by atoms with Gasteiger partial charge in [-0.15, -0.1) is 0 Å². The van der Waals surface area contributed by atoms with Crippen LogP contribution in [-0.4, -0.2) is 34.9 Å². The quantitative estimate of drug-likeness (QED) is 0.418. The Balaban J connectivity index is 1.36. The van der Waals surface area contributed by atoms with Gasteiger partial charge < -0.3 is 15.6 Å². The molecule has 1 heterocycles. The van der Waals surface area contributed by atoms with Crippen LogP contribution in [0, 0.1) is 0 Å². The number of nitrogens with one attached hydrogen (secondary N) is 3. The molecule has 0 saturated heterocycles. The third-order valence-electron chi connectivity index (χ3n) is 4.92. The van der Waals surface area contributed by atoms with Crippen molar-refractivity contribution in [3.05, 3.63) is 102 Å². The second-order valence-corrected chi connectivity index (χ2v) is 6.94. The Bertz CT molecular complexity index is 1100. The Hall–Kier alpha value is -3.93. The number of fused-ring (bicyclic) bond motifs is 1. The van der Waals surface area contributed by atoms with E-state index in [0.29, 0.717) is 18.7 Å². The number of hydrogen-bond donors (Lipinski definition) is 3. The highest BCUT2D eigenvalue weighted by molar-refractivity contribution is 5.97. The van der Waals surface area contributed by atoms with Crippen molar-refractivity contribution in [3.8, 4) is 0 Å². The summed E-state index contributed by atoms with van der Waals surface area (Å²) in [5.41, 5.74) is 4.02. The van der Waals surface area contributed by atoms with Gasteiger partial charge in [-0.2, -0.15) is 0 Å². The van der Waals surface area contributed by atoms with Crippen LogP contribution in [0.25, 0.3) is 11.0 Å². The van der Waals surface area contributed by atoms with Crippen molar-refractivity contribution in [1.29, 1.82) is 0 Å². The Morgan fingerprint density at radius 3 is 2.13 bits per heavy atom. The number of benzene rings is 3. The van der Waals surface area contributed by atoms with Crippen LogP contribution in [-0.2, 0) is 4.79 Å². The number of carbonyl (C=O) groups is 2. The highest BCUT2D eigenvalue weighted by atomic mass is 16.2. The molecular formula is C24H22N4O2. The average Bonchev–Trinajstić information content (AvgIpc) is 3.26. The fourth-order valence-electron chi connectivity index (χ4n) is 3.43. The maximum Gasteiger partial charge on any atom is 0.251 e. The lowest BCUT2D eigenvalue weighted by Crippen LogP contribution is -2.37. The Morgan fingerprint density at radius 2 is 1.47 bits per heavy atom. The molecule has 0 radical (unpaired) electrons. The largest absolute Gasteiger partial charge is 0.354 e. The van der Waals surface area contributed by atoms with Gasteiger partial charge in [-0.25, -0.2) is 4.98 Å². The van der Waals surface area contributed by atoms with E-state index in [1.807, 2.05) is 60.7 Å². The van der Waals surface area contributed by atoms with E-state index in [-0.39, 0.29) is 11.8 Å². The molecule has 0 aliphatic rings. The molecule has 4 aromatic rings. The van der Waals surface area contributed by atoms with Gasteiger partial charge in [0.1, 0.15) is 0 Å². The predicted octanol–water partition coefficient (Wildman–Crippen LogP) is 3.24. The van der Waals surface area contributed by atoms with E-state index in [0.717, 1.165) is 22.2 Å². The van der Waals surface area contributed by atoms with Gasteiger partial charge in [0, 0.05) is 18.7 Å². The first-order chi connectivity index (χ1) is 14.7. The number of hydrogen-bond acceptors (Lipinski definition) is 3. The van der Waals surface area contributed by atoms with Gasteiger partial charge in [-0.3, -0.25) is 9.59 Å². The van der Waals surface area contributed by atoms with Crippen LogP contribution < -0.4 is 10.6 Å². The number of aromatic nitrogens is 2. The third kappa shape index (κ3) is 4.38. The number of rotatable bonds is 7. The number of imidazole rings is 1. The molecule has 3 aromatic carbocycles. The summed E-state index contributed by atoms with van der Waals surface area (Å²) in [5.74, 6) is -0.685. The maximum atomic E-state index is 12.9. The lowest BCUT2D eigenvalue weighted by atomic mass is 9.90. The fraction of sp³-hybridized carbons (Fsp3) is 0.125. The highest BCUT2D eigenvalue weighted by Crippen LogP contribution is 2.24. The van der Waals surface area contributed by atoms with Crippen molar-refractivity contribution in [3.63, 3.8) is 0 Å². The Kier molecular flexibility index (Phi) is 5.85. The number of amides is 2. The molecule has 2 amide bonds. The van der Waals surface area contributed by atoms with Gasteiger partial charge in [0.05, 0.1) is 23.3 Å². The number of aromatic amines is 1. The predicted molar refractivity (Wildman–Crippen MR) is 116 cm³/mol. The second-order valence-electron chi connectivity index (χ2n) is 6.94. The van der Waals surface area contributed by atoms with Gasteiger partial charge in [0.15, 0.2) is 0 Å².